The van der Waals surface area contributed by atoms with Crippen LogP contribution in [0, 0.1) is 6.92 Å². The molecule has 0 aromatic heterocycles. The molecule has 2 aromatic carbocycles. The zero-order valence-corrected chi connectivity index (χ0v) is 12.1. The number of rotatable bonds is 4. The second-order valence-corrected chi connectivity index (χ2v) is 4.94. The highest BCUT2D eigenvalue weighted by Crippen LogP contribution is 2.21. The number of halogens is 1. The molecule has 0 radical (unpaired) electrons. The van der Waals surface area contributed by atoms with E-state index in [1.807, 2.05) is 55.5 Å². The molecule has 0 spiro atoms. The van der Waals surface area contributed by atoms with E-state index in [1.165, 1.54) is 0 Å². The number of hydrogen-bond donors (Lipinski definition) is 1. The molecule has 4 heteroatoms. The summed E-state index contributed by atoms with van der Waals surface area (Å²) in [6, 6.07) is 15.1. The summed E-state index contributed by atoms with van der Waals surface area (Å²) in [6.45, 7) is 1.94. The average Bonchev–Trinajstić information content (AvgIpc) is 2.40. The number of amides is 1. The molecular formula is C15H14BrNO2. The molecule has 2 rings (SSSR count). The number of hydrogen-bond acceptors (Lipinski definition) is 2. The largest absolute Gasteiger partial charge is 0.483 e. The molecule has 0 saturated heterocycles. The number of anilines is 1. The van der Waals surface area contributed by atoms with E-state index in [4.69, 9.17) is 4.74 Å². The lowest BCUT2D eigenvalue weighted by Crippen LogP contribution is -2.20. The minimum atomic E-state index is -0.185. The third-order valence-corrected chi connectivity index (χ3v) is 3.29. The Balaban J connectivity index is 1.92. The van der Waals surface area contributed by atoms with Crippen molar-refractivity contribution in [2.45, 2.75) is 6.92 Å². The first-order valence-corrected chi connectivity index (χ1v) is 6.69. The van der Waals surface area contributed by atoms with E-state index in [1.54, 1.807) is 0 Å². The van der Waals surface area contributed by atoms with E-state index in [0.29, 0.717) is 0 Å². The van der Waals surface area contributed by atoms with Gasteiger partial charge in [0.05, 0.1) is 5.69 Å². The highest BCUT2D eigenvalue weighted by Gasteiger charge is 2.06. The van der Waals surface area contributed by atoms with Crippen LogP contribution in [0.3, 0.4) is 0 Å². The standard InChI is InChI=1S/C15H14BrNO2/c1-11-6-2-5-9-14(11)19-10-15(18)17-13-8-4-3-7-12(13)16/h2-9H,10H2,1H3,(H,17,18). The number of nitrogens with one attached hydrogen (secondary N) is 1. The molecule has 2 aromatic rings. The van der Waals surface area contributed by atoms with E-state index in [-0.39, 0.29) is 12.5 Å². The minimum absolute atomic E-state index is 0.00775. The lowest BCUT2D eigenvalue weighted by Gasteiger charge is -2.10. The fourth-order valence-electron chi connectivity index (χ4n) is 1.61. The van der Waals surface area contributed by atoms with Gasteiger partial charge in [-0.25, -0.2) is 0 Å². The topological polar surface area (TPSA) is 38.3 Å². The maximum atomic E-state index is 11.8. The monoisotopic (exact) mass is 319 g/mol. The Labute approximate surface area is 120 Å². The molecule has 0 aliphatic rings. The van der Waals surface area contributed by atoms with Crippen LogP contribution >= 0.6 is 15.9 Å². The van der Waals surface area contributed by atoms with Crippen molar-refractivity contribution in [2.24, 2.45) is 0 Å². The molecule has 0 atom stereocenters. The summed E-state index contributed by atoms with van der Waals surface area (Å²) in [6.07, 6.45) is 0. The smallest absolute Gasteiger partial charge is 0.262 e. The van der Waals surface area contributed by atoms with Gasteiger partial charge in [-0.2, -0.15) is 0 Å². The molecular weight excluding hydrogens is 306 g/mol. The van der Waals surface area contributed by atoms with Gasteiger partial charge < -0.3 is 10.1 Å². The number of carbonyl (C=O) groups excluding carboxylic acids is 1. The van der Waals surface area contributed by atoms with Crippen LogP contribution in [0.2, 0.25) is 0 Å². The average molecular weight is 320 g/mol. The first kappa shape index (κ1) is 13.6. The maximum absolute atomic E-state index is 11.8. The molecule has 0 aliphatic heterocycles. The number of benzene rings is 2. The lowest BCUT2D eigenvalue weighted by molar-refractivity contribution is -0.118. The maximum Gasteiger partial charge on any atom is 0.262 e. The Hall–Kier alpha value is -1.81. The van der Waals surface area contributed by atoms with E-state index in [2.05, 4.69) is 21.2 Å². The zero-order chi connectivity index (χ0) is 13.7. The Morgan fingerprint density at radius 3 is 2.58 bits per heavy atom. The van der Waals surface area contributed by atoms with Crippen LogP contribution < -0.4 is 10.1 Å². The molecule has 19 heavy (non-hydrogen) atoms. The van der Waals surface area contributed by atoms with E-state index < -0.39 is 0 Å². The van der Waals surface area contributed by atoms with Gasteiger partial charge in [0.1, 0.15) is 5.75 Å². The van der Waals surface area contributed by atoms with Crippen LogP contribution in [0.5, 0.6) is 5.75 Å². The predicted octanol–water partition coefficient (Wildman–Crippen LogP) is 3.78. The Morgan fingerprint density at radius 1 is 1.16 bits per heavy atom. The van der Waals surface area contributed by atoms with E-state index >= 15 is 0 Å². The number of aryl methyl sites for hydroxylation is 1. The van der Waals surface area contributed by atoms with Gasteiger partial charge in [0.2, 0.25) is 0 Å². The molecule has 1 amide bonds. The van der Waals surface area contributed by atoms with Gasteiger partial charge in [-0.3, -0.25) is 4.79 Å². The third kappa shape index (κ3) is 3.83. The van der Waals surface area contributed by atoms with Gasteiger partial charge >= 0.3 is 0 Å². The molecule has 98 valence electrons. The number of ether oxygens (including phenoxy) is 1. The summed E-state index contributed by atoms with van der Waals surface area (Å²) >= 11 is 3.38. The van der Waals surface area contributed by atoms with Crippen molar-refractivity contribution in [1.29, 1.82) is 0 Å². The molecule has 1 N–H and O–H groups in total. The fraction of sp³-hybridized carbons (Fsp3) is 0.133. The molecule has 0 fully saturated rings. The second kappa shape index (κ2) is 6.38. The van der Waals surface area contributed by atoms with Crippen LogP contribution in [0.4, 0.5) is 5.69 Å². The van der Waals surface area contributed by atoms with Crippen molar-refractivity contribution in [3.63, 3.8) is 0 Å². The van der Waals surface area contributed by atoms with E-state index in [0.717, 1.165) is 21.5 Å². The molecule has 0 aliphatic carbocycles. The predicted molar refractivity (Wildman–Crippen MR) is 79.4 cm³/mol. The van der Waals surface area contributed by atoms with Crippen molar-refractivity contribution < 1.29 is 9.53 Å². The SMILES string of the molecule is Cc1ccccc1OCC(=O)Nc1ccccc1Br. The second-order valence-electron chi connectivity index (χ2n) is 4.08. The lowest BCUT2D eigenvalue weighted by atomic mass is 10.2. The van der Waals surface area contributed by atoms with Crippen molar-refractivity contribution in [3.8, 4) is 5.75 Å². The van der Waals surface area contributed by atoms with Crippen molar-refractivity contribution in [3.05, 3.63) is 58.6 Å². The van der Waals surface area contributed by atoms with Crippen LogP contribution in [-0.2, 0) is 4.79 Å². The molecule has 0 unspecified atom stereocenters. The van der Waals surface area contributed by atoms with Crippen molar-refractivity contribution in [1.82, 2.24) is 0 Å². The highest BCUT2D eigenvalue weighted by molar-refractivity contribution is 9.10. The van der Waals surface area contributed by atoms with Gasteiger partial charge in [0.25, 0.3) is 5.91 Å². The van der Waals surface area contributed by atoms with Gasteiger partial charge in [-0.05, 0) is 46.6 Å². The summed E-state index contributed by atoms with van der Waals surface area (Å²) in [5, 5.41) is 2.79. The number of carbonyl (C=O) groups is 1. The van der Waals surface area contributed by atoms with Crippen LogP contribution in [0.15, 0.2) is 53.0 Å². The van der Waals surface area contributed by atoms with Crippen molar-refractivity contribution >= 4 is 27.5 Å². The quantitative estimate of drug-likeness (QED) is 0.931. The van der Waals surface area contributed by atoms with E-state index in [9.17, 15) is 4.79 Å². The summed E-state index contributed by atoms with van der Waals surface area (Å²) < 4.78 is 6.33. The fourth-order valence-corrected chi connectivity index (χ4v) is 1.99. The van der Waals surface area contributed by atoms with Gasteiger partial charge in [0.15, 0.2) is 6.61 Å². The van der Waals surface area contributed by atoms with Crippen LogP contribution in [0.1, 0.15) is 5.56 Å². The Bertz CT molecular complexity index is 584. The summed E-state index contributed by atoms with van der Waals surface area (Å²) in [5.74, 6) is 0.542. The van der Waals surface area contributed by atoms with Crippen LogP contribution in [-0.4, -0.2) is 12.5 Å². The first-order valence-electron chi connectivity index (χ1n) is 5.89. The third-order valence-electron chi connectivity index (χ3n) is 2.60. The zero-order valence-electron chi connectivity index (χ0n) is 10.5. The van der Waals surface area contributed by atoms with Crippen molar-refractivity contribution in [2.75, 3.05) is 11.9 Å². The van der Waals surface area contributed by atoms with Gasteiger partial charge in [0, 0.05) is 4.47 Å². The Kier molecular flexibility index (Phi) is 4.58. The highest BCUT2D eigenvalue weighted by atomic mass is 79.9. The molecule has 0 bridgehead atoms. The van der Waals surface area contributed by atoms with Crippen LogP contribution in [0.25, 0.3) is 0 Å². The normalized spacial score (nSPS) is 10.0. The van der Waals surface area contributed by atoms with Gasteiger partial charge in [-0.1, -0.05) is 30.3 Å². The summed E-state index contributed by atoms with van der Waals surface area (Å²) in [4.78, 5) is 11.8. The Morgan fingerprint density at radius 2 is 1.84 bits per heavy atom. The number of para-hydroxylation sites is 2. The minimum Gasteiger partial charge on any atom is -0.483 e. The first-order chi connectivity index (χ1) is 9.16. The summed E-state index contributed by atoms with van der Waals surface area (Å²) in [5.41, 5.74) is 1.75. The molecule has 0 heterocycles. The molecule has 3 nitrogen and oxygen atoms in total. The van der Waals surface area contributed by atoms with Gasteiger partial charge in [-0.15, -0.1) is 0 Å². The molecule has 0 saturated carbocycles. The summed E-state index contributed by atoms with van der Waals surface area (Å²) in [7, 11) is 0.